The fourth-order valence-corrected chi connectivity index (χ4v) is 2.92. The third-order valence-corrected chi connectivity index (χ3v) is 3.99. The van der Waals surface area contributed by atoms with E-state index in [1.807, 2.05) is 24.4 Å². The molecular weight excluding hydrogens is 306 g/mol. The largest absolute Gasteiger partial charge is 0.361 e. The van der Waals surface area contributed by atoms with Crippen molar-refractivity contribution in [3.8, 4) is 11.1 Å². The highest BCUT2D eigenvalue weighted by Gasteiger charge is 2.05. The molecule has 4 heteroatoms. The molecule has 0 saturated heterocycles. The second-order valence-corrected chi connectivity index (χ2v) is 5.70. The van der Waals surface area contributed by atoms with Crippen LogP contribution in [0, 0.1) is 0 Å². The number of benzene rings is 2. The monoisotopic (exact) mass is 319 g/mol. The topological polar surface area (TPSA) is 40.7 Å². The number of rotatable bonds is 3. The Kier molecular flexibility index (Phi) is 3.48. The van der Waals surface area contributed by atoms with Gasteiger partial charge < -0.3 is 10.3 Å². The first-order valence-electron chi connectivity index (χ1n) is 7.35. The second-order valence-electron chi connectivity index (χ2n) is 5.32. The van der Waals surface area contributed by atoms with Crippen molar-refractivity contribution in [3.63, 3.8) is 0 Å². The van der Waals surface area contributed by atoms with Crippen molar-refractivity contribution in [1.29, 1.82) is 0 Å². The van der Waals surface area contributed by atoms with Gasteiger partial charge in [0.25, 0.3) is 0 Å². The van der Waals surface area contributed by atoms with Crippen LogP contribution in [0.25, 0.3) is 22.0 Å². The zero-order valence-corrected chi connectivity index (χ0v) is 13.0. The van der Waals surface area contributed by atoms with E-state index in [2.05, 4.69) is 51.7 Å². The van der Waals surface area contributed by atoms with Crippen LogP contribution in [0.15, 0.2) is 73.1 Å². The lowest BCUT2D eigenvalue weighted by atomic mass is 10.0. The SMILES string of the molecule is Clc1cc(Nc2cccc(-c3cccc4[nH]ccc34)c2)ccn1. The average molecular weight is 320 g/mol. The first-order valence-corrected chi connectivity index (χ1v) is 7.72. The van der Waals surface area contributed by atoms with Gasteiger partial charge in [-0.1, -0.05) is 35.9 Å². The van der Waals surface area contributed by atoms with E-state index in [1.165, 1.54) is 16.5 Å². The van der Waals surface area contributed by atoms with Gasteiger partial charge in [-0.2, -0.15) is 0 Å². The number of aromatic nitrogens is 2. The van der Waals surface area contributed by atoms with Crippen molar-refractivity contribution in [2.45, 2.75) is 0 Å². The summed E-state index contributed by atoms with van der Waals surface area (Å²) in [6.07, 6.45) is 3.66. The van der Waals surface area contributed by atoms with Gasteiger partial charge in [-0.3, -0.25) is 0 Å². The van der Waals surface area contributed by atoms with E-state index in [0.29, 0.717) is 5.15 Å². The van der Waals surface area contributed by atoms with Crippen LogP contribution in [-0.4, -0.2) is 9.97 Å². The predicted octanol–water partition coefficient (Wildman–Crippen LogP) is 5.63. The maximum Gasteiger partial charge on any atom is 0.131 e. The molecule has 0 aliphatic heterocycles. The number of aromatic amines is 1. The van der Waals surface area contributed by atoms with Crippen LogP contribution in [-0.2, 0) is 0 Å². The molecular formula is C19H14ClN3. The van der Waals surface area contributed by atoms with Gasteiger partial charge in [-0.05, 0) is 47.5 Å². The summed E-state index contributed by atoms with van der Waals surface area (Å²) in [6, 6.07) is 20.4. The van der Waals surface area contributed by atoms with Gasteiger partial charge in [0, 0.05) is 34.7 Å². The number of halogens is 1. The molecule has 0 amide bonds. The Bertz CT molecular complexity index is 975. The molecule has 0 spiro atoms. The van der Waals surface area contributed by atoms with Gasteiger partial charge in [0.15, 0.2) is 0 Å². The van der Waals surface area contributed by atoms with Crippen molar-refractivity contribution < 1.29 is 0 Å². The first-order chi connectivity index (χ1) is 11.3. The van der Waals surface area contributed by atoms with Crippen LogP contribution in [0.1, 0.15) is 0 Å². The Morgan fingerprint density at radius 1 is 0.913 bits per heavy atom. The Morgan fingerprint density at radius 3 is 2.70 bits per heavy atom. The van der Waals surface area contributed by atoms with Crippen LogP contribution >= 0.6 is 11.6 Å². The Hall–Kier alpha value is -2.78. The van der Waals surface area contributed by atoms with E-state index in [1.54, 1.807) is 12.3 Å². The molecule has 0 aliphatic carbocycles. The molecule has 0 aliphatic rings. The zero-order chi connectivity index (χ0) is 15.6. The number of fused-ring (bicyclic) bond motifs is 1. The van der Waals surface area contributed by atoms with Crippen molar-refractivity contribution in [2.24, 2.45) is 0 Å². The summed E-state index contributed by atoms with van der Waals surface area (Å²) in [5, 5.41) is 5.06. The van der Waals surface area contributed by atoms with E-state index in [4.69, 9.17) is 11.6 Å². The minimum atomic E-state index is 0.475. The molecule has 2 heterocycles. The Labute approximate surface area is 139 Å². The number of H-pyrrole nitrogens is 1. The molecule has 2 aromatic carbocycles. The lowest BCUT2D eigenvalue weighted by Gasteiger charge is -2.09. The Balaban J connectivity index is 1.73. The molecule has 0 fully saturated rings. The Morgan fingerprint density at radius 2 is 1.78 bits per heavy atom. The normalized spacial score (nSPS) is 10.8. The number of anilines is 2. The maximum absolute atomic E-state index is 5.94. The van der Waals surface area contributed by atoms with E-state index in [9.17, 15) is 0 Å². The zero-order valence-electron chi connectivity index (χ0n) is 12.3. The predicted molar refractivity (Wildman–Crippen MR) is 96.3 cm³/mol. The summed E-state index contributed by atoms with van der Waals surface area (Å²) in [6.45, 7) is 0. The first kappa shape index (κ1) is 13.9. The molecule has 2 N–H and O–H groups in total. The molecule has 0 radical (unpaired) electrons. The van der Waals surface area contributed by atoms with Crippen molar-refractivity contribution >= 4 is 33.9 Å². The van der Waals surface area contributed by atoms with Gasteiger partial charge in [0.1, 0.15) is 5.15 Å². The minimum Gasteiger partial charge on any atom is -0.361 e. The summed E-state index contributed by atoms with van der Waals surface area (Å²) in [7, 11) is 0. The molecule has 112 valence electrons. The van der Waals surface area contributed by atoms with Crippen LogP contribution in [0.3, 0.4) is 0 Å². The van der Waals surface area contributed by atoms with Crippen LogP contribution in [0.4, 0.5) is 11.4 Å². The lowest BCUT2D eigenvalue weighted by Crippen LogP contribution is -1.91. The smallest absolute Gasteiger partial charge is 0.131 e. The molecule has 0 unspecified atom stereocenters. The molecule has 4 rings (SSSR count). The van der Waals surface area contributed by atoms with E-state index < -0.39 is 0 Å². The lowest BCUT2D eigenvalue weighted by molar-refractivity contribution is 1.32. The second kappa shape index (κ2) is 5.78. The highest BCUT2D eigenvalue weighted by molar-refractivity contribution is 6.29. The highest BCUT2D eigenvalue weighted by atomic mass is 35.5. The number of pyridine rings is 1. The highest BCUT2D eigenvalue weighted by Crippen LogP contribution is 2.30. The number of hydrogen-bond donors (Lipinski definition) is 2. The van der Waals surface area contributed by atoms with E-state index >= 15 is 0 Å². The third kappa shape index (κ3) is 2.79. The summed E-state index contributed by atoms with van der Waals surface area (Å²) in [5.41, 5.74) is 5.45. The van der Waals surface area contributed by atoms with Gasteiger partial charge in [0.2, 0.25) is 0 Å². The average Bonchev–Trinajstić information content (AvgIpc) is 3.03. The molecule has 23 heavy (non-hydrogen) atoms. The van der Waals surface area contributed by atoms with Crippen molar-refractivity contribution in [2.75, 3.05) is 5.32 Å². The standard InChI is InChI=1S/C19H14ClN3/c20-19-12-15(7-9-22-19)23-14-4-1-3-13(11-14)16-5-2-6-18-17(16)8-10-21-18/h1-12,21H,(H,22,23). The van der Waals surface area contributed by atoms with Gasteiger partial charge in [-0.15, -0.1) is 0 Å². The third-order valence-electron chi connectivity index (χ3n) is 3.78. The van der Waals surface area contributed by atoms with E-state index in [-0.39, 0.29) is 0 Å². The minimum absolute atomic E-state index is 0.475. The molecule has 0 atom stereocenters. The fraction of sp³-hybridized carbons (Fsp3) is 0. The van der Waals surface area contributed by atoms with Crippen LogP contribution in [0.5, 0.6) is 0 Å². The summed E-state index contributed by atoms with van der Waals surface area (Å²) in [5.74, 6) is 0. The van der Waals surface area contributed by atoms with Gasteiger partial charge in [-0.25, -0.2) is 4.98 Å². The van der Waals surface area contributed by atoms with Gasteiger partial charge in [0.05, 0.1) is 0 Å². The molecule has 0 bridgehead atoms. The number of hydrogen-bond acceptors (Lipinski definition) is 2. The fourth-order valence-electron chi connectivity index (χ4n) is 2.75. The summed E-state index contributed by atoms with van der Waals surface area (Å²) < 4.78 is 0. The molecule has 4 aromatic rings. The van der Waals surface area contributed by atoms with E-state index in [0.717, 1.165) is 16.9 Å². The van der Waals surface area contributed by atoms with Crippen molar-refractivity contribution in [1.82, 2.24) is 9.97 Å². The van der Waals surface area contributed by atoms with Crippen LogP contribution < -0.4 is 5.32 Å². The molecule has 0 saturated carbocycles. The van der Waals surface area contributed by atoms with Crippen molar-refractivity contribution in [3.05, 3.63) is 78.2 Å². The maximum atomic E-state index is 5.94. The number of nitrogens with one attached hydrogen (secondary N) is 2. The van der Waals surface area contributed by atoms with Crippen LogP contribution in [0.2, 0.25) is 5.15 Å². The quantitative estimate of drug-likeness (QED) is 0.481. The summed E-state index contributed by atoms with van der Waals surface area (Å²) in [4.78, 5) is 7.25. The molecule has 2 aromatic heterocycles. The van der Waals surface area contributed by atoms with Gasteiger partial charge >= 0.3 is 0 Å². The number of nitrogens with zero attached hydrogens (tertiary/aromatic N) is 1. The summed E-state index contributed by atoms with van der Waals surface area (Å²) >= 11 is 5.94. The molecule has 3 nitrogen and oxygen atoms in total.